The Morgan fingerprint density at radius 1 is 0.875 bits per heavy atom. The molecular weight excluding hydrogens is 510 g/mol. The van der Waals surface area contributed by atoms with Crippen LogP contribution in [0.4, 0.5) is 14.5 Å². The molecule has 5 rings (SSSR count). The van der Waals surface area contributed by atoms with E-state index in [0.29, 0.717) is 34.9 Å². The molecule has 1 fully saturated rings. The van der Waals surface area contributed by atoms with E-state index in [1.807, 2.05) is 54.6 Å². The molecule has 0 unspecified atom stereocenters. The molecule has 0 bridgehead atoms. The lowest BCUT2D eigenvalue weighted by atomic mass is 9.75. The smallest absolute Gasteiger partial charge is 0.237 e. The summed E-state index contributed by atoms with van der Waals surface area (Å²) >= 11 is 0. The highest BCUT2D eigenvalue weighted by atomic mass is 19.1. The fourth-order valence-corrected chi connectivity index (χ4v) is 4.88. The Labute approximate surface area is 232 Å². The molecule has 0 radical (unpaired) electrons. The van der Waals surface area contributed by atoms with E-state index in [1.165, 1.54) is 31.4 Å². The van der Waals surface area contributed by atoms with Crippen molar-refractivity contribution in [3.05, 3.63) is 144 Å². The van der Waals surface area contributed by atoms with Gasteiger partial charge in [0.05, 0.1) is 17.7 Å². The fraction of sp³-hybridized carbons (Fsp3) is 0.152. The summed E-state index contributed by atoms with van der Waals surface area (Å²) in [5.74, 6) is -0.744. The van der Waals surface area contributed by atoms with E-state index in [0.717, 1.165) is 11.1 Å². The van der Waals surface area contributed by atoms with Gasteiger partial charge < -0.3 is 14.5 Å². The summed E-state index contributed by atoms with van der Waals surface area (Å²) in [4.78, 5) is 20.2. The number of benzene rings is 4. The fourth-order valence-electron chi connectivity index (χ4n) is 4.88. The zero-order chi connectivity index (χ0) is 28.1. The van der Waals surface area contributed by atoms with Gasteiger partial charge in [0, 0.05) is 12.1 Å². The molecule has 1 saturated heterocycles. The number of β-lactam (4-membered cyclic amide) rings is 1. The first-order valence-corrected chi connectivity index (χ1v) is 12.8. The maximum atomic E-state index is 13.7. The van der Waals surface area contributed by atoms with Crippen LogP contribution >= 0.6 is 0 Å². The average Bonchev–Trinajstić information content (AvgIpc) is 2.97. The number of rotatable bonds is 10. The number of hydrogen-bond acceptors (Lipinski definition) is 4. The highest BCUT2D eigenvalue weighted by Crippen LogP contribution is 2.47. The predicted octanol–water partition coefficient (Wildman–Crippen LogP) is 7.24. The van der Waals surface area contributed by atoms with Crippen LogP contribution < -0.4 is 9.64 Å². The van der Waals surface area contributed by atoms with Crippen molar-refractivity contribution in [2.45, 2.75) is 19.1 Å². The van der Waals surface area contributed by atoms with Crippen molar-refractivity contribution in [2.24, 2.45) is 11.1 Å². The lowest BCUT2D eigenvalue weighted by molar-refractivity contribution is -0.128. The highest BCUT2D eigenvalue weighted by Gasteiger charge is 2.50. The minimum Gasteiger partial charge on any atom is -0.489 e. The van der Waals surface area contributed by atoms with Gasteiger partial charge in [-0.15, -0.1) is 0 Å². The lowest BCUT2D eigenvalue weighted by Gasteiger charge is -2.48. The molecule has 0 N–H and O–H groups in total. The number of amides is 1. The molecule has 0 aromatic heterocycles. The van der Waals surface area contributed by atoms with E-state index in [-0.39, 0.29) is 30.0 Å². The molecule has 7 heteroatoms. The Kier molecular flexibility index (Phi) is 8.01. The molecule has 0 spiro atoms. The normalized spacial score (nSPS) is 16.8. The molecule has 0 aliphatic carbocycles. The van der Waals surface area contributed by atoms with Gasteiger partial charge in [-0.1, -0.05) is 71.9 Å². The number of ether oxygens (including phenoxy) is 1. The Hall–Kier alpha value is -4.78. The van der Waals surface area contributed by atoms with Gasteiger partial charge in [0.15, 0.2) is 0 Å². The highest BCUT2D eigenvalue weighted by molar-refractivity contribution is 6.07. The topological polar surface area (TPSA) is 51.1 Å². The van der Waals surface area contributed by atoms with Gasteiger partial charge in [-0.3, -0.25) is 4.79 Å². The number of anilines is 1. The van der Waals surface area contributed by atoms with Gasteiger partial charge in [-0.25, -0.2) is 8.78 Å². The van der Waals surface area contributed by atoms with Gasteiger partial charge in [0.1, 0.15) is 31.1 Å². The zero-order valence-corrected chi connectivity index (χ0v) is 22.0. The van der Waals surface area contributed by atoms with Crippen LogP contribution in [0.1, 0.15) is 29.2 Å². The summed E-state index contributed by atoms with van der Waals surface area (Å²) in [5.41, 5.74) is 4.37. The molecule has 1 aliphatic rings. The van der Waals surface area contributed by atoms with Crippen molar-refractivity contribution in [1.29, 1.82) is 0 Å². The SMILES string of the molecule is C=C(C/C(=N/OC)c1ccc(F)cc1)[C@H]1C(=O)N(c2ccc(F)cc2)[C@@H]1c1ccc(OCc2ccccc2)cc1. The molecule has 1 heterocycles. The van der Waals surface area contributed by atoms with Crippen LogP contribution in [-0.2, 0) is 16.2 Å². The molecular formula is C33H28F2N2O3. The van der Waals surface area contributed by atoms with Gasteiger partial charge in [0.2, 0.25) is 5.91 Å². The summed E-state index contributed by atoms with van der Waals surface area (Å²) in [6, 6.07) is 28.9. The molecule has 1 amide bonds. The third-order valence-corrected chi connectivity index (χ3v) is 6.89. The third kappa shape index (κ3) is 5.78. The van der Waals surface area contributed by atoms with Crippen LogP contribution in [0.5, 0.6) is 5.75 Å². The van der Waals surface area contributed by atoms with Gasteiger partial charge in [-0.2, -0.15) is 0 Å². The number of halogens is 2. The standard InChI is InChI=1S/C33H28F2N2O3/c1-22(20-30(36-39-2)24-8-12-26(34)13-9-24)31-32(37(33(31)38)28-16-14-27(35)15-17-28)25-10-18-29(19-11-25)40-21-23-6-4-3-5-7-23/h3-19,31-32H,1,20-21H2,2H3/b36-30-/t31-,32-/m1/s1. The van der Waals surface area contributed by atoms with Crippen LogP contribution in [0.2, 0.25) is 0 Å². The monoisotopic (exact) mass is 538 g/mol. The molecule has 40 heavy (non-hydrogen) atoms. The van der Waals surface area contributed by atoms with Crippen molar-refractivity contribution >= 4 is 17.3 Å². The average molecular weight is 539 g/mol. The van der Waals surface area contributed by atoms with Gasteiger partial charge >= 0.3 is 0 Å². The largest absolute Gasteiger partial charge is 0.489 e. The Balaban J connectivity index is 1.40. The molecule has 4 aromatic rings. The van der Waals surface area contributed by atoms with E-state index in [2.05, 4.69) is 11.7 Å². The van der Waals surface area contributed by atoms with Crippen LogP contribution in [0.15, 0.2) is 120 Å². The first kappa shape index (κ1) is 26.8. The van der Waals surface area contributed by atoms with Crippen LogP contribution in [0.3, 0.4) is 0 Å². The summed E-state index contributed by atoms with van der Waals surface area (Å²) in [5, 5.41) is 4.12. The second-order valence-electron chi connectivity index (χ2n) is 9.51. The second kappa shape index (κ2) is 11.9. The third-order valence-electron chi connectivity index (χ3n) is 6.89. The van der Waals surface area contributed by atoms with Gasteiger partial charge in [-0.05, 0) is 65.2 Å². The van der Waals surface area contributed by atoms with Crippen molar-refractivity contribution in [3.8, 4) is 5.75 Å². The van der Waals surface area contributed by atoms with Gasteiger partial charge in [0.25, 0.3) is 0 Å². The number of carbonyl (C=O) groups is 1. The molecule has 1 aliphatic heterocycles. The van der Waals surface area contributed by atoms with Crippen molar-refractivity contribution < 1.29 is 23.1 Å². The first-order chi connectivity index (χ1) is 19.4. The molecule has 2 atom stereocenters. The van der Waals surface area contributed by atoms with Crippen molar-refractivity contribution in [2.75, 3.05) is 12.0 Å². The van der Waals surface area contributed by atoms with E-state index in [4.69, 9.17) is 9.57 Å². The second-order valence-corrected chi connectivity index (χ2v) is 9.51. The lowest BCUT2D eigenvalue weighted by Crippen LogP contribution is -2.56. The summed E-state index contributed by atoms with van der Waals surface area (Å²) in [6.07, 6.45) is 0.252. The summed E-state index contributed by atoms with van der Waals surface area (Å²) in [6.45, 7) is 4.69. The van der Waals surface area contributed by atoms with Crippen LogP contribution in [0.25, 0.3) is 0 Å². The van der Waals surface area contributed by atoms with E-state index in [9.17, 15) is 13.6 Å². The predicted molar refractivity (Wildman–Crippen MR) is 151 cm³/mol. The van der Waals surface area contributed by atoms with Crippen LogP contribution in [-0.4, -0.2) is 18.7 Å². The minimum atomic E-state index is -0.552. The number of oxime groups is 1. The Bertz CT molecular complexity index is 1500. The summed E-state index contributed by atoms with van der Waals surface area (Å²) < 4.78 is 33.1. The molecule has 202 valence electrons. The van der Waals surface area contributed by atoms with E-state index >= 15 is 0 Å². The maximum absolute atomic E-state index is 13.7. The minimum absolute atomic E-state index is 0.151. The van der Waals surface area contributed by atoms with E-state index < -0.39 is 5.92 Å². The molecule has 4 aromatic carbocycles. The van der Waals surface area contributed by atoms with Crippen molar-refractivity contribution in [1.82, 2.24) is 0 Å². The summed E-state index contributed by atoms with van der Waals surface area (Å²) in [7, 11) is 1.43. The molecule has 0 saturated carbocycles. The Morgan fingerprint density at radius 2 is 1.50 bits per heavy atom. The number of carbonyl (C=O) groups excluding carboxylic acids is 1. The maximum Gasteiger partial charge on any atom is 0.237 e. The zero-order valence-electron chi connectivity index (χ0n) is 22.0. The number of nitrogens with zero attached hydrogens (tertiary/aromatic N) is 2. The Morgan fingerprint density at radius 3 is 2.12 bits per heavy atom. The quantitative estimate of drug-likeness (QED) is 0.0925. The number of hydrogen-bond donors (Lipinski definition) is 0. The van der Waals surface area contributed by atoms with Crippen LogP contribution in [0, 0.1) is 17.6 Å². The molecule has 5 nitrogen and oxygen atoms in total. The first-order valence-electron chi connectivity index (χ1n) is 12.8. The van der Waals surface area contributed by atoms with E-state index in [1.54, 1.807) is 29.2 Å². The van der Waals surface area contributed by atoms with Crippen molar-refractivity contribution in [3.63, 3.8) is 0 Å².